The lowest BCUT2D eigenvalue weighted by Crippen LogP contribution is -2.53. The van der Waals surface area contributed by atoms with Gasteiger partial charge in [0.15, 0.2) is 0 Å². The first-order valence-electron chi connectivity index (χ1n) is 17.9. The van der Waals surface area contributed by atoms with Gasteiger partial charge in [0.05, 0.1) is 35.5 Å². The third kappa shape index (κ3) is 5.82. The highest BCUT2D eigenvalue weighted by atomic mass is 35.5. The zero-order valence-electron chi connectivity index (χ0n) is 29.0. The maximum absolute atomic E-state index is 15.2. The molecule has 0 unspecified atom stereocenters. The number of likely N-dealkylation sites (tertiary alicyclic amines) is 1. The van der Waals surface area contributed by atoms with Crippen LogP contribution in [-0.2, 0) is 31.0 Å². The maximum Gasteiger partial charge on any atom is 0.260 e. The number of phenolic OH excluding ortho intramolecular Hbond substituents is 1. The Kier molecular flexibility index (Phi) is 9.23. The number of aromatic hydroxyl groups is 1. The molecule has 0 aromatic heterocycles. The van der Waals surface area contributed by atoms with Crippen molar-refractivity contribution in [2.75, 3.05) is 25.2 Å². The number of amides is 4. The molecule has 2 saturated heterocycles. The van der Waals surface area contributed by atoms with Crippen molar-refractivity contribution in [3.05, 3.63) is 136 Å². The highest BCUT2D eigenvalue weighted by Crippen LogP contribution is 2.64. The van der Waals surface area contributed by atoms with E-state index in [1.165, 1.54) is 29.2 Å². The van der Waals surface area contributed by atoms with Crippen molar-refractivity contribution in [3.8, 4) is 11.5 Å². The van der Waals surface area contributed by atoms with E-state index in [9.17, 15) is 29.0 Å². The number of hydrogen-bond donors (Lipinski definition) is 3. The van der Waals surface area contributed by atoms with Gasteiger partial charge < -0.3 is 14.9 Å². The average Bonchev–Trinajstić information content (AvgIpc) is 3.55. The van der Waals surface area contributed by atoms with E-state index in [4.69, 9.17) is 16.3 Å². The standard InChI is InChI=1S/C42H37ClFN3O7/c43-27-7-5-26(6-8-27)42-35(39(51)47(41(42)53)45-29-11-9-28(44)10-12-29)23-34-32(37(42)25-3-15-31(16-4-25)54-22-21-48)17-18-33-36(34)40(52)46(38(33)50)20-19-24-1-13-30(49)14-2-24/h1-17,33-37,45,48-49H,18-23H2/t33-,34+,35-,36-,37-,42+/m0/s1. The number of nitrogens with zero attached hydrogens (tertiary/aromatic N) is 2. The third-order valence-electron chi connectivity index (χ3n) is 11.5. The van der Waals surface area contributed by atoms with Crippen LogP contribution in [0, 0.1) is 29.5 Å². The number of imide groups is 2. The predicted molar refractivity (Wildman–Crippen MR) is 197 cm³/mol. The fraction of sp³-hybridized carbons (Fsp3) is 0.286. The summed E-state index contributed by atoms with van der Waals surface area (Å²) in [5, 5.41) is 20.5. The van der Waals surface area contributed by atoms with Gasteiger partial charge in [0.2, 0.25) is 11.8 Å². The lowest BCUT2D eigenvalue weighted by Gasteiger charge is -2.50. The van der Waals surface area contributed by atoms with Crippen molar-refractivity contribution in [3.63, 3.8) is 0 Å². The fourth-order valence-corrected chi connectivity index (χ4v) is 9.27. The molecule has 4 amide bonds. The number of hydrogen-bond acceptors (Lipinski definition) is 8. The van der Waals surface area contributed by atoms with E-state index in [-0.39, 0.29) is 50.2 Å². The summed E-state index contributed by atoms with van der Waals surface area (Å²) in [6.45, 7) is 0.0858. The molecule has 4 aliphatic rings. The molecule has 4 aromatic rings. The number of carbonyl (C=O) groups is 4. The van der Waals surface area contributed by atoms with Crippen LogP contribution in [0.15, 0.2) is 109 Å². The molecular weight excluding hydrogens is 713 g/mol. The van der Waals surface area contributed by atoms with Crippen LogP contribution in [0.1, 0.15) is 35.4 Å². The van der Waals surface area contributed by atoms with E-state index in [2.05, 4.69) is 5.43 Å². The number of fused-ring (bicyclic) bond motifs is 4. The van der Waals surface area contributed by atoms with Crippen molar-refractivity contribution in [2.24, 2.45) is 23.7 Å². The number of allylic oxidation sites excluding steroid dienone is 2. The zero-order valence-corrected chi connectivity index (χ0v) is 29.8. The van der Waals surface area contributed by atoms with Crippen molar-refractivity contribution >= 4 is 40.9 Å². The number of hydrazine groups is 1. The Bertz CT molecular complexity index is 2140. The van der Waals surface area contributed by atoms with Crippen LogP contribution in [0.25, 0.3) is 0 Å². The quantitative estimate of drug-likeness (QED) is 0.137. The normalized spacial score (nSPS) is 26.0. The van der Waals surface area contributed by atoms with Gasteiger partial charge in [0, 0.05) is 17.5 Å². The first-order valence-corrected chi connectivity index (χ1v) is 18.3. The second kappa shape index (κ2) is 14.0. The smallest absolute Gasteiger partial charge is 0.260 e. The topological polar surface area (TPSA) is 136 Å². The third-order valence-corrected chi connectivity index (χ3v) is 11.7. The van der Waals surface area contributed by atoms with Gasteiger partial charge in [-0.1, -0.05) is 59.6 Å². The Balaban J connectivity index is 1.24. The van der Waals surface area contributed by atoms with Crippen LogP contribution in [0.2, 0.25) is 5.02 Å². The van der Waals surface area contributed by atoms with E-state index in [1.54, 1.807) is 60.7 Å². The summed E-state index contributed by atoms with van der Waals surface area (Å²) in [4.78, 5) is 59.7. The molecule has 3 fully saturated rings. The number of benzene rings is 4. The minimum Gasteiger partial charge on any atom is -0.508 e. The molecule has 0 spiro atoms. The van der Waals surface area contributed by atoms with Crippen molar-refractivity contribution in [1.82, 2.24) is 9.91 Å². The predicted octanol–water partition coefficient (Wildman–Crippen LogP) is 5.78. The van der Waals surface area contributed by atoms with E-state index >= 15 is 4.79 Å². The number of anilines is 1. The summed E-state index contributed by atoms with van der Waals surface area (Å²) in [7, 11) is 0. The molecular formula is C42H37ClFN3O7. The summed E-state index contributed by atoms with van der Waals surface area (Å²) >= 11 is 6.37. The van der Waals surface area contributed by atoms with Crippen LogP contribution < -0.4 is 10.2 Å². The fourth-order valence-electron chi connectivity index (χ4n) is 9.14. The summed E-state index contributed by atoms with van der Waals surface area (Å²) in [6, 6.07) is 26.0. The first-order chi connectivity index (χ1) is 26.1. The average molecular weight is 750 g/mol. The van der Waals surface area contributed by atoms with Crippen LogP contribution >= 0.6 is 11.6 Å². The second-order valence-electron chi connectivity index (χ2n) is 14.3. The number of halogens is 2. The Morgan fingerprint density at radius 1 is 0.852 bits per heavy atom. The number of nitrogens with one attached hydrogen (secondary N) is 1. The molecule has 2 aliphatic heterocycles. The Morgan fingerprint density at radius 2 is 1.56 bits per heavy atom. The highest BCUT2D eigenvalue weighted by Gasteiger charge is 2.70. The molecule has 4 aromatic carbocycles. The number of ether oxygens (including phenoxy) is 1. The van der Waals surface area contributed by atoms with E-state index < -0.39 is 52.6 Å². The van der Waals surface area contributed by atoms with Gasteiger partial charge in [-0.25, -0.2) is 4.39 Å². The number of phenols is 1. The lowest BCUT2D eigenvalue weighted by molar-refractivity contribution is -0.141. The van der Waals surface area contributed by atoms with E-state index in [1.807, 2.05) is 18.2 Å². The summed E-state index contributed by atoms with van der Waals surface area (Å²) in [5.41, 5.74) is 4.72. The van der Waals surface area contributed by atoms with Gasteiger partial charge in [-0.3, -0.25) is 29.5 Å². The highest BCUT2D eigenvalue weighted by molar-refractivity contribution is 6.30. The molecule has 6 atom stereocenters. The minimum absolute atomic E-state index is 0.0895. The summed E-state index contributed by atoms with van der Waals surface area (Å²) in [5.74, 6) is -5.05. The van der Waals surface area contributed by atoms with Gasteiger partial charge >= 0.3 is 0 Å². The number of aliphatic hydroxyl groups is 1. The molecule has 8 rings (SSSR count). The van der Waals surface area contributed by atoms with Gasteiger partial charge in [-0.2, -0.15) is 5.01 Å². The van der Waals surface area contributed by atoms with E-state index in [0.717, 1.165) is 16.1 Å². The summed E-state index contributed by atoms with van der Waals surface area (Å²) in [6.07, 6.45) is 2.81. The molecule has 276 valence electrons. The zero-order chi connectivity index (χ0) is 37.7. The van der Waals surface area contributed by atoms with Gasteiger partial charge in [0.1, 0.15) is 23.9 Å². The monoisotopic (exact) mass is 749 g/mol. The Morgan fingerprint density at radius 3 is 2.24 bits per heavy atom. The van der Waals surface area contributed by atoms with Crippen LogP contribution in [0.4, 0.5) is 10.1 Å². The molecule has 1 saturated carbocycles. The van der Waals surface area contributed by atoms with Gasteiger partial charge in [-0.15, -0.1) is 0 Å². The molecule has 54 heavy (non-hydrogen) atoms. The van der Waals surface area contributed by atoms with Crippen molar-refractivity contribution in [1.29, 1.82) is 0 Å². The number of rotatable bonds is 10. The molecule has 10 nitrogen and oxygen atoms in total. The van der Waals surface area contributed by atoms with Crippen LogP contribution in [-0.4, -0.2) is 63.5 Å². The van der Waals surface area contributed by atoms with Crippen molar-refractivity contribution < 1.29 is 38.5 Å². The van der Waals surface area contributed by atoms with Crippen molar-refractivity contribution in [2.45, 2.75) is 30.6 Å². The second-order valence-corrected chi connectivity index (χ2v) is 14.7. The molecule has 12 heteroatoms. The molecule has 0 bridgehead atoms. The molecule has 3 N–H and O–H groups in total. The number of carbonyl (C=O) groups excluding carboxylic acids is 4. The molecule has 0 radical (unpaired) electrons. The van der Waals surface area contributed by atoms with Crippen LogP contribution in [0.5, 0.6) is 11.5 Å². The minimum atomic E-state index is -1.50. The lowest BCUT2D eigenvalue weighted by atomic mass is 9.49. The first kappa shape index (κ1) is 35.5. The van der Waals surface area contributed by atoms with Gasteiger partial charge in [0.25, 0.3) is 11.8 Å². The summed E-state index contributed by atoms with van der Waals surface area (Å²) < 4.78 is 19.5. The Hall–Kier alpha value is -5.52. The van der Waals surface area contributed by atoms with E-state index in [0.29, 0.717) is 34.0 Å². The molecule has 2 aliphatic carbocycles. The van der Waals surface area contributed by atoms with Crippen LogP contribution in [0.3, 0.4) is 0 Å². The van der Waals surface area contributed by atoms with Gasteiger partial charge in [-0.05, 0) is 103 Å². The Labute approximate surface area is 315 Å². The largest absolute Gasteiger partial charge is 0.508 e. The maximum atomic E-state index is 15.2. The SMILES string of the molecule is O=C1[C@H]2[C@H](CC=C3[C@H]2C[C@H]2C(=O)N(Nc4ccc(F)cc4)C(=O)[C@@]2(c2ccc(Cl)cc2)[C@H]3c2ccc(OCCO)cc2)C(=O)N1CCc1ccc(O)cc1. The molecule has 2 heterocycles. The number of aliphatic hydroxyl groups excluding tert-OH is 1.